The Bertz CT molecular complexity index is 1750. The number of rotatable bonds is 19. The van der Waals surface area contributed by atoms with Crippen LogP contribution in [0.3, 0.4) is 0 Å². The Hall–Kier alpha value is -5.02. The summed E-state index contributed by atoms with van der Waals surface area (Å²) in [4.78, 5) is 76.8. The first kappa shape index (κ1) is 47.7. The highest BCUT2D eigenvalue weighted by Gasteiger charge is 2.62. The normalized spacial score (nSPS) is 27.3. The minimum atomic E-state index is -2.69. The predicted octanol–water partition coefficient (Wildman–Crippen LogP) is 1.43. The Labute approximate surface area is 347 Å². The SMILES string of the molecule is COC(=O)[C@]1(O[C@H]2[C@@H](O)[C@@H](COCc3ccccc3)O[C@H](OC)[C@@H]2OCc2ccccc2)C[C@H](OC(C)=O)[C@@H](NC(C)=O)[C@H]([C@H](OC(C)=O)[C@@H](COC(C)=O)OC(C)=O)O1. The second-order valence-corrected chi connectivity index (χ2v) is 14.0. The molecule has 0 spiro atoms. The van der Waals surface area contributed by atoms with Crippen LogP contribution in [0.5, 0.6) is 0 Å². The van der Waals surface area contributed by atoms with E-state index in [4.69, 9.17) is 52.1 Å². The highest BCUT2D eigenvalue weighted by atomic mass is 16.8. The monoisotopic (exact) mass is 847 g/mol. The second kappa shape index (κ2) is 22.5. The summed E-state index contributed by atoms with van der Waals surface area (Å²) in [6, 6.07) is 16.7. The molecule has 0 unspecified atom stereocenters. The molecule has 19 heteroatoms. The van der Waals surface area contributed by atoms with E-state index in [1.54, 1.807) is 24.3 Å². The highest BCUT2D eigenvalue weighted by Crippen LogP contribution is 2.40. The summed E-state index contributed by atoms with van der Waals surface area (Å²) >= 11 is 0. The van der Waals surface area contributed by atoms with Gasteiger partial charge in [0.2, 0.25) is 5.91 Å². The van der Waals surface area contributed by atoms with E-state index in [-0.39, 0.29) is 19.8 Å². The van der Waals surface area contributed by atoms with Gasteiger partial charge in [-0.2, -0.15) is 0 Å². The maximum atomic E-state index is 14.3. The first-order valence-corrected chi connectivity index (χ1v) is 19.1. The van der Waals surface area contributed by atoms with Gasteiger partial charge < -0.3 is 62.5 Å². The number of amides is 1. The van der Waals surface area contributed by atoms with Crippen LogP contribution < -0.4 is 5.32 Å². The van der Waals surface area contributed by atoms with Crippen LogP contribution in [-0.2, 0) is 94.1 Å². The van der Waals surface area contributed by atoms with Crippen molar-refractivity contribution in [2.45, 2.75) is 121 Å². The molecule has 60 heavy (non-hydrogen) atoms. The molecule has 19 nitrogen and oxygen atoms in total. The Morgan fingerprint density at radius 2 is 1.43 bits per heavy atom. The van der Waals surface area contributed by atoms with Gasteiger partial charge in [-0.25, -0.2) is 4.79 Å². The molecular formula is C41H53NO18. The molecule has 0 aliphatic carbocycles. The molecule has 2 aliphatic heterocycles. The van der Waals surface area contributed by atoms with Gasteiger partial charge in [0.05, 0.1) is 39.4 Å². The van der Waals surface area contributed by atoms with Gasteiger partial charge in [-0.05, 0) is 11.1 Å². The van der Waals surface area contributed by atoms with Crippen LogP contribution in [0, 0.1) is 0 Å². The van der Waals surface area contributed by atoms with E-state index in [2.05, 4.69) is 5.32 Å². The molecule has 2 aliphatic rings. The van der Waals surface area contributed by atoms with Crippen molar-refractivity contribution >= 4 is 35.8 Å². The van der Waals surface area contributed by atoms with Gasteiger partial charge in [0.25, 0.3) is 5.79 Å². The van der Waals surface area contributed by atoms with Crippen LogP contribution >= 0.6 is 0 Å². The third kappa shape index (κ3) is 13.2. The fraction of sp³-hybridized carbons (Fsp3) is 0.561. The van der Waals surface area contributed by atoms with E-state index in [0.717, 1.165) is 47.3 Å². The van der Waals surface area contributed by atoms with Gasteiger partial charge in [-0.1, -0.05) is 60.7 Å². The maximum absolute atomic E-state index is 14.3. The molecule has 2 saturated heterocycles. The minimum Gasteiger partial charge on any atom is -0.465 e. The van der Waals surface area contributed by atoms with Crippen LogP contribution in [0.25, 0.3) is 0 Å². The molecule has 0 radical (unpaired) electrons. The van der Waals surface area contributed by atoms with Crippen molar-refractivity contribution in [2.75, 3.05) is 27.4 Å². The van der Waals surface area contributed by atoms with Crippen LogP contribution in [0.2, 0.25) is 0 Å². The summed E-state index contributed by atoms with van der Waals surface area (Å²) in [5, 5.41) is 14.7. The van der Waals surface area contributed by atoms with E-state index in [1.165, 1.54) is 7.11 Å². The molecule has 4 rings (SSSR count). The van der Waals surface area contributed by atoms with E-state index in [0.29, 0.717) is 5.56 Å². The van der Waals surface area contributed by atoms with Crippen molar-refractivity contribution in [3.63, 3.8) is 0 Å². The van der Waals surface area contributed by atoms with Crippen molar-refractivity contribution in [2.24, 2.45) is 0 Å². The molecule has 2 fully saturated rings. The van der Waals surface area contributed by atoms with E-state index in [1.807, 2.05) is 36.4 Å². The molecule has 2 heterocycles. The number of ether oxygens (including phenoxy) is 11. The number of aliphatic hydroxyl groups excluding tert-OH is 1. The maximum Gasteiger partial charge on any atom is 0.366 e. The lowest BCUT2D eigenvalue weighted by Gasteiger charge is -2.51. The molecule has 1 amide bonds. The van der Waals surface area contributed by atoms with Crippen molar-refractivity contribution in [1.82, 2.24) is 5.32 Å². The van der Waals surface area contributed by atoms with Gasteiger partial charge in [0.1, 0.15) is 43.2 Å². The number of hydrogen-bond acceptors (Lipinski definition) is 18. The van der Waals surface area contributed by atoms with Crippen molar-refractivity contribution in [1.29, 1.82) is 0 Å². The average molecular weight is 848 g/mol. The first-order chi connectivity index (χ1) is 28.6. The molecule has 11 atom stereocenters. The lowest BCUT2D eigenvalue weighted by molar-refractivity contribution is -0.373. The number of carbonyl (C=O) groups excluding carboxylic acids is 6. The number of aliphatic hydroxyl groups is 1. The van der Waals surface area contributed by atoms with Crippen LogP contribution in [0.4, 0.5) is 0 Å². The fourth-order valence-electron chi connectivity index (χ4n) is 6.90. The van der Waals surface area contributed by atoms with Crippen LogP contribution in [-0.4, -0.2) is 135 Å². The summed E-state index contributed by atoms with van der Waals surface area (Å²) in [7, 11) is 2.35. The quantitative estimate of drug-likeness (QED) is 0.150. The number of hydrogen-bond donors (Lipinski definition) is 2. The lowest BCUT2D eigenvalue weighted by atomic mass is 9.87. The Kier molecular flexibility index (Phi) is 17.9. The second-order valence-electron chi connectivity index (χ2n) is 14.0. The van der Waals surface area contributed by atoms with Gasteiger partial charge in [0, 0.05) is 41.7 Å². The average Bonchev–Trinajstić information content (AvgIpc) is 3.20. The molecule has 0 aromatic heterocycles. The molecule has 2 N–H and O–H groups in total. The lowest BCUT2D eigenvalue weighted by Crippen LogP contribution is -2.71. The van der Waals surface area contributed by atoms with Crippen molar-refractivity contribution in [3.8, 4) is 0 Å². The number of carbonyl (C=O) groups is 6. The fourth-order valence-corrected chi connectivity index (χ4v) is 6.90. The van der Waals surface area contributed by atoms with Crippen molar-refractivity contribution in [3.05, 3.63) is 71.8 Å². The molecule has 2 aromatic rings. The molecule has 0 bridgehead atoms. The topological polar surface area (TPSA) is 236 Å². The van der Waals surface area contributed by atoms with E-state index < -0.39 is 116 Å². The molecule has 330 valence electrons. The minimum absolute atomic E-state index is 0.0550. The number of benzene rings is 2. The zero-order valence-electron chi connectivity index (χ0n) is 34.5. The van der Waals surface area contributed by atoms with Gasteiger partial charge in [-0.3, -0.25) is 24.0 Å². The standard InChI is InChI=1S/C41H53NO18/c1-23(43)42-33-30(55-25(3)45)18-41(40(49)51-7,59-36(33)35(57-27(5)47)32(56-26(4)46)22-53-24(2)44)60-37-34(48)31(21-52-19-28-14-10-8-11-15-28)58-39(50-6)38(37)54-20-29-16-12-9-13-17-29/h8-17,30-39,48H,18-22H2,1-7H3,(H,42,43)/t30-,31+,32+,33+,34-,35+,36+,37-,38+,39-,41+/m0/s1. The summed E-state index contributed by atoms with van der Waals surface area (Å²) < 4.78 is 64.4. The molecular weight excluding hydrogens is 794 g/mol. The van der Waals surface area contributed by atoms with Gasteiger partial charge in [0.15, 0.2) is 18.5 Å². The number of methoxy groups -OCH3 is 2. The summed E-state index contributed by atoms with van der Waals surface area (Å²) in [5.41, 5.74) is 1.55. The van der Waals surface area contributed by atoms with Crippen molar-refractivity contribution < 1.29 is 86.0 Å². The highest BCUT2D eigenvalue weighted by molar-refractivity contribution is 5.79. The molecule has 2 aromatic carbocycles. The Morgan fingerprint density at radius 3 is 1.97 bits per heavy atom. The van der Waals surface area contributed by atoms with E-state index >= 15 is 0 Å². The Morgan fingerprint density at radius 1 is 0.817 bits per heavy atom. The largest absolute Gasteiger partial charge is 0.465 e. The smallest absolute Gasteiger partial charge is 0.366 e. The third-order valence-electron chi connectivity index (χ3n) is 9.35. The number of esters is 5. The van der Waals surface area contributed by atoms with E-state index in [9.17, 15) is 33.9 Å². The summed E-state index contributed by atoms with van der Waals surface area (Å²) in [6.07, 6.45) is -14.5. The van der Waals surface area contributed by atoms with Crippen LogP contribution in [0.15, 0.2) is 60.7 Å². The van der Waals surface area contributed by atoms with Crippen LogP contribution in [0.1, 0.15) is 52.2 Å². The Balaban J connectivity index is 1.86. The summed E-state index contributed by atoms with van der Waals surface area (Å²) in [6.45, 7) is 4.54. The zero-order chi connectivity index (χ0) is 44.0. The third-order valence-corrected chi connectivity index (χ3v) is 9.35. The number of nitrogens with one attached hydrogen (secondary N) is 1. The van der Waals surface area contributed by atoms with Gasteiger partial charge >= 0.3 is 29.8 Å². The summed E-state index contributed by atoms with van der Waals surface area (Å²) in [5.74, 6) is -8.15. The van der Waals surface area contributed by atoms with Gasteiger partial charge in [-0.15, -0.1) is 0 Å². The zero-order valence-corrected chi connectivity index (χ0v) is 34.5. The predicted molar refractivity (Wildman–Crippen MR) is 203 cm³/mol. The first-order valence-electron chi connectivity index (χ1n) is 19.1. The molecule has 0 saturated carbocycles.